The van der Waals surface area contributed by atoms with E-state index in [0.29, 0.717) is 6.54 Å². The van der Waals surface area contributed by atoms with Crippen molar-refractivity contribution in [2.75, 3.05) is 13.2 Å². The van der Waals surface area contributed by atoms with Gasteiger partial charge < -0.3 is 20.4 Å². The Morgan fingerprint density at radius 1 is 1.33 bits per heavy atom. The van der Waals surface area contributed by atoms with Gasteiger partial charge >= 0.3 is 6.09 Å². The lowest BCUT2D eigenvalue weighted by Crippen LogP contribution is -2.29. The summed E-state index contributed by atoms with van der Waals surface area (Å²) in [5.74, 6) is -0.669. The zero-order valence-electron chi connectivity index (χ0n) is 11.6. The largest absolute Gasteiger partial charge is 0.439 e. The molecule has 0 aliphatic carbocycles. The van der Waals surface area contributed by atoms with Gasteiger partial charge in [0.25, 0.3) is 5.91 Å². The Morgan fingerprint density at radius 3 is 3.00 bits per heavy atom. The molecule has 0 radical (unpaired) electrons. The average molecular weight is 290 g/mol. The van der Waals surface area contributed by atoms with Gasteiger partial charge in [0.15, 0.2) is 6.61 Å². The quantitative estimate of drug-likeness (QED) is 0.744. The third-order valence-electron chi connectivity index (χ3n) is 2.96. The van der Waals surface area contributed by atoms with Gasteiger partial charge in [-0.2, -0.15) is 0 Å². The van der Waals surface area contributed by atoms with Crippen molar-refractivity contribution in [3.8, 4) is 0 Å². The van der Waals surface area contributed by atoms with Gasteiger partial charge in [0, 0.05) is 30.9 Å². The minimum Gasteiger partial charge on any atom is -0.439 e. The molecule has 0 aliphatic heterocycles. The predicted molar refractivity (Wildman–Crippen MR) is 77.5 cm³/mol. The number of aryl methyl sites for hydroxylation is 1. The molecule has 2 amide bonds. The molecular weight excluding hydrogens is 272 g/mol. The Balaban J connectivity index is 1.66. The molecule has 0 aliphatic rings. The number of primary amides is 1. The van der Waals surface area contributed by atoms with E-state index in [9.17, 15) is 9.59 Å². The maximum absolute atomic E-state index is 11.2. The number of fused-ring (bicyclic) bond motifs is 1. The monoisotopic (exact) mass is 290 g/mol. The molecule has 0 bridgehead atoms. The number of hydrogen-bond acceptors (Lipinski definition) is 4. The molecule has 0 saturated carbocycles. The number of nitrogens with one attached hydrogen (secondary N) is 1. The summed E-state index contributed by atoms with van der Waals surface area (Å²) in [4.78, 5) is 25.9. The SMILES string of the molecule is NC(=O)COC(=O)NCCCCn1ccc2cccnc21. The van der Waals surface area contributed by atoms with E-state index >= 15 is 0 Å². The molecule has 0 unspecified atom stereocenters. The van der Waals surface area contributed by atoms with Crippen molar-refractivity contribution in [2.24, 2.45) is 5.73 Å². The molecular formula is C14H18N4O3. The number of alkyl carbamates (subject to hydrolysis) is 1. The number of pyridine rings is 1. The molecule has 0 aromatic carbocycles. The Hall–Kier alpha value is -2.57. The van der Waals surface area contributed by atoms with E-state index < -0.39 is 18.6 Å². The van der Waals surface area contributed by atoms with Crippen molar-refractivity contribution in [2.45, 2.75) is 19.4 Å². The smallest absolute Gasteiger partial charge is 0.407 e. The number of rotatable bonds is 7. The molecule has 2 aromatic rings. The van der Waals surface area contributed by atoms with E-state index in [1.807, 2.05) is 24.4 Å². The second-order valence-electron chi connectivity index (χ2n) is 4.60. The van der Waals surface area contributed by atoms with Crippen LogP contribution in [-0.2, 0) is 16.1 Å². The van der Waals surface area contributed by atoms with Crippen molar-refractivity contribution < 1.29 is 14.3 Å². The van der Waals surface area contributed by atoms with E-state index in [1.165, 1.54) is 0 Å². The third kappa shape index (κ3) is 4.48. The third-order valence-corrected chi connectivity index (χ3v) is 2.96. The summed E-state index contributed by atoms with van der Waals surface area (Å²) >= 11 is 0. The molecule has 2 heterocycles. The number of unbranched alkanes of at least 4 members (excludes halogenated alkanes) is 1. The van der Waals surface area contributed by atoms with Crippen LogP contribution in [0.5, 0.6) is 0 Å². The van der Waals surface area contributed by atoms with Crippen LogP contribution in [0.1, 0.15) is 12.8 Å². The van der Waals surface area contributed by atoms with Gasteiger partial charge in [0.05, 0.1) is 0 Å². The van der Waals surface area contributed by atoms with Gasteiger partial charge in [-0.3, -0.25) is 4.79 Å². The van der Waals surface area contributed by atoms with Gasteiger partial charge in [-0.1, -0.05) is 0 Å². The maximum Gasteiger partial charge on any atom is 0.407 e. The number of aromatic nitrogens is 2. The molecule has 2 rings (SSSR count). The van der Waals surface area contributed by atoms with Crippen LogP contribution in [0.25, 0.3) is 11.0 Å². The molecule has 0 atom stereocenters. The van der Waals surface area contributed by atoms with Crippen molar-refractivity contribution in [3.05, 3.63) is 30.6 Å². The summed E-state index contributed by atoms with van der Waals surface area (Å²) < 4.78 is 6.66. The number of carbonyl (C=O) groups is 2. The van der Waals surface area contributed by atoms with E-state index in [4.69, 9.17) is 5.73 Å². The fourth-order valence-corrected chi connectivity index (χ4v) is 1.99. The van der Waals surface area contributed by atoms with E-state index in [-0.39, 0.29) is 0 Å². The van der Waals surface area contributed by atoms with Gasteiger partial charge in [-0.05, 0) is 31.0 Å². The summed E-state index contributed by atoms with van der Waals surface area (Å²) in [7, 11) is 0. The molecule has 3 N–H and O–H groups in total. The first-order valence-corrected chi connectivity index (χ1v) is 6.75. The van der Waals surface area contributed by atoms with Crippen molar-refractivity contribution in [1.29, 1.82) is 0 Å². The molecule has 0 saturated heterocycles. The predicted octanol–water partition coefficient (Wildman–Crippen LogP) is 1.03. The van der Waals surface area contributed by atoms with Gasteiger partial charge in [0.2, 0.25) is 0 Å². The fourth-order valence-electron chi connectivity index (χ4n) is 1.99. The average Bonchev–Trinajstić information content (AvgIpc) is 2.88. The first kappa shape index (κ1) is 14.8. The summed E-state index contributed by atoms with van der Waals surface area (Å²) in [6.07, 6.45) is 4.86. The summed E-state index contributed by atoms with van der Waals surface area (Å²) in [6, 6.07) is 5.96. The van der Waals surface area contributed by atoms with Crippen LogP contribution in [0.15, 0.2) is 30.6 Å². The van der Waals surface area contributed by atoms with Crippen LogP contribution in [0.2, 0.25) is 0 Å². The fraction of sp³-hybridized carbons (Fsp3) is 0.357. The van der Waals surface area contributed by atoms with Crippen LogP contribution in [-0.4, -0.2) is 34.7 Å². The van der Waals surface area contributed by atoms with Gasteiger partial charge in [0.1, 0.15) is 5.65 Å². The number of nitrogens with two attached hydrogens (primary N) is 1. The topological polar surface area (TPSA) is 99.2 Å². The Bertz CT molecular complexity index is 623. The molecule has 112 valence electrons. The highest BCUT2D eigenvalue weighted by Gasteiger charge is 2.04. The van der Waals surface area contributed by atoms with Crippen molar-refractivity contribution in [1.82, 2.24) is 14.9 Å². The highest BCUT2D eigenvalue weighted by atomic mass is 16.6. The lowest BCUT2D eigenvalue weighted by atomic mass is 10.3. The van der Waals surface area contributed by atoms with Crippen molar-refractivity contribution in [3.63, 3.8) is 0 Å². The van der Waals surface area contributed by atoms with E-state index in [2.05, 4.69) is 19.6 Å². The standard InChI is InChI=1S/C14H18N4O3/c15-12(19)10-21-14(20)17-6-1-2-8-18-9-5-11-4-3-7-16-13(11)18/h3-5,7,9H,1-2,6,8,10H2,(H2,15,19)(H,17,20). The number of hydrogen-bond donors (Lipinski definition) is 2. The highest BCUT2D eigenvalue weighted by Crippen LogP contribution is 2.12. The van der Waals surface area contributed by atoms with Crippen molar-refractivity contribution >= 4 is 23.0 Å². The number of amides is 2. The van der Waals surface area contributed by atoms with Crippen LogP contribution >= 0.6 is 0 Å². The normalized spacial score (nSPS) is 10.5. The minimum absolute atomic E-state index is 0.396. The van der Waals surface area contributed by atoms with Gasteiger partial charge in [-0.15, -0.1) is 0 Å². The highest BCUT2D eigenvalue weighted by molar-refractivity contribution is 5.78. The molecule has 7 nitrogen and oxygen atoms in total. The molecule has 0 fully saturated rings. The first-order chi connectivity index (χ1) is 10.2. The lowest BCUT2D eigenvalue weighted by Gasteiger charge is -2.06. The zero-order valence-corrected chi connectivity index (χ0v) is 11.6. The van der Waals surface area contributed by atoms with E-state index in [0.717, 1.165) is 30.4 Å². The Labute approximate surface area is 122 Å². The second-order valence-corrected chi connectivity index (χ2v) is 4.60. The number of nitrogens with zero attached hydrogens (tertiary/aromatic N) is 2. The number of ether oxygens (including phenoxy) is 1. The lowest BCUT2D eigenvalue weighted by molar-refractivity contribution is -0.120. The van der Waals surface area contributed by atoms with Crippen LogP contribution < -0.4 is 11.1 Å². The van der Waals surface area contributed by atoms with E-state index in [1.54, 1.807) is 6.20 Å². The second kappa shape index (κ2) is 7.28. The zero-order chi connectivity index (χ0) is 15.1. The van der Waals surface area contributed by atoms with Crippen LogP contribution in [0, 0.1) is 0 Å². The Morgan fingerprint density at radius 2 is 2.19 bits per heavy atom. The number of carbonyl (C=O) groups excluding carboxylic acids is 2. The van der Waals surface area contributed by atoms with Gasteiger partial charge in [-0.25, -0.2) is 9.78 Å². The maximum atomic E-state index is 11.2. The van der Waals surface area contributed by atoms with Crippen LogP contribution in [0.3, 0.4) is 0 Å². The molecule has 7 heteroatoms. The molecule has 0 spiro atoms. The summed E-state index contributed by atoms with van der Waals surface area (Å²) in [5, 5.41) is 3.68. The Kier molecular flexibility index (Phi) is 5.14. The first-order valence-electron chi connectivity index (χ1n) is 6.75. The molecule has 21 heavy (non-hydrogen) atoms. The molecule has 2 aromatic heterocycles. The summed E-state index contributed by atoms with van der Waals surface area (Å²) in [6.45, 7) is 0.926. The minimum atomic E-state index is -0.669. The van der Waals surface area contributed by atoms with Crippen LogP contribution in [0.4, 0.5) is 4.79 Å². The summed E-state index contributed by atoms with van der Waals surface area (Å²) in [5.41, 5.74) is 5.83.